The van der Waals surface area contributed by atoms with Gasteiger partial charge in [0.1, 0.15) is 0 Å². The number of hydrogen-bond donors (Lipinski definition) is 1. The summed E-state index contributed by atoms with van der Waals surface area (Å²) in [5.74, 6) is 0.182. The third-order valence-corrected chi connectivity index (χ3v) is 3.97. The number of nitrogens with zero attached hydrogens (tertiary/aromatic N) is 1. The summed E-state index contributed by atoms with van der Waals surface area (Å²) < 4.78 is 19.7. The van der Waals surface area contributed by atoms with Crippen molar-refractivity contribution in [2.75, 3.05) is 0 Å². The van der Waals surface area contributed by atoms with Crippen LogP contribution < -0.4 is 0 Å². The minimum atomic E-state index is -1.78. The van der Waals surface area contributed by atoms with Gasteiger partial charge in [-0.1, -0.05) is 36.4 Å². The van der Waals surface area contributed by atoms with E-state index in [-0.39, 0.29) is 5.75 Å². The van der Waals surface area contributed by atoms with Crippen molar-refractivity contribution in [1.29, 1.82) is 0 Å². The van der Waals surface area contributed by atoms with E-state index in [1.165, 1.54) is 11.1 Å². The quantitative estimate of drug-likeness (QED) is 0.749. The summed E-state index contributed by atoms with van der Waals surface area (Å²) in [7, 11) is 0. The maximum atomic E-state index is 10.8. The summed E-state index contributed by atoms with van der Waals surface area (Å²) in [6.45, 7) is 0. The lowest BCUT2D eigenvalue weighted by Gasteiger charge is -2.05. The molecule has 0 amide bonds. The molecule has 0 aliphatic heterocycles. The molecule has 106 valence electrons. The van der Waals surface area contributed by atoms with Gasteiger partial charge in [-0.05, 0) is 41.3 Å². The first-order valence-electron chi connectivity index (χ1n) is 6.70. The van der Waals surface area contributed by atoms with Crippen LogP contribution in [0.3, 0.4) is 0 Å². The van der Waals surface area contributed by atoms with Gasteiger partial charge in [0, 0.05) is 11.6 Å². The van der Waals surface area contributed by atoms with Gasteiger partial charge in [0.25, 0.3) is 0 Å². The standard InChI is InChI=1S/C17H15NO2S/c19-21(20)12-14-5-3-13(4-6-14)10-15-7-8-17-16(11-15)2-1-9-18-17/h1-9,11H,10,12H2,(H,19,20). The SMILES string of the molecule is O=S(O)Cc1ccc(Cc2ccc3ncccc3c2)cc1. The Morgan fingerprint density at radius 3 is 2.43 bits per heavy atom. The topological polar surface area (TPSA) is 50.2 Å². The first-order chi connectivity index (χ1) is 10.2. The second-order valence-electron chi connectivity index (χ2n) is 4.99. The van der Waals surface area contributed by atoms with Crippen LogP contribution in [0.5, 0.6) is 0 Å². The van der Waals surface area contributed by atoms with Crippen molar-refractivity contribution in [1.82, 2.24) is 4.98 Å². The second kappa shape index (κ2) is 6.16. The van der Waals surface area contributed by atoms with Crippen molar-refractivity contribution in [2.45, 2.75) is 12.2 Å². The highest BCUT2D eigenvalue weighted by atomic mass is 32.2. The molecule has 0 spiro atoms. The van der Waals surface area contributed by atoms with E-state index in [0.717, 1.165) is 22.9 Å². The molecule has 0 aliphatic rings. The minimum absolute atomic E-state index is 0.182. The molecule has 4 heteroatoms. The first kappa shape index (κ1) is 13.9. The zero-order valence-corrected chi connectivity index (χ0v) is 12.2. The highest BCUT2D eigenvalue weighted by Crippen LogP contribution is 2.17. The number of fused-ring (bicyclic) bond motifs is 1. The van der Waals surface area contributed by atoms with Gasteiger partial charge in [-0.2, -0.15) is 0 Å². The number of aromatic nitrogens is 1. The van der Waals surface area contributed by atoms with Crippen LogP contribution in [0.4, 0.5) is 0 Å². The predicted octanol–water partition coefficient (Wildman–Crippen LogP) is 3.55. The molecule has 0 fully saturated rings. The molecule has 3 nitrogen and oxygen atoms in total. The van der Waals surface area contributed by atoms with E-state index in [1.54, 1.807) is 6.20 Å². The monoisotopic (exact) mass is 297 g/mol. The summed E-state index contributed by atoms with van der Waals surface area (Å²) in [5, 5.41) is 1.14. The molecular formula is C17H15NO2S. The Bertz CT molecular complexity index is 784. The van der Waals surface area contributed by atoms with Gasteiger partial charge in [0.15, 0.2) is 11.1 Å². The van der Waals surface area contributed by atoms with Crippen molar-refractivity contribution < 1.29 is 8.76 Å². The summed E-state index contributed by atoms with van der Waals surface area (Å²) in [6.07, 6.45) is 2.64. The van der Waals surface area contributed by atoms with Crippen LogP contribution in [0, 0.1) is 0 Å². The lowest BCUT2D eigenvalue weighted by molar-refractivity contribution is 0.563. The van der Waals surface area contributed by atoms with Gasteiger partial charge in [-0.25, -0.2) is 4.21 Å². The molecule has 3 rings (SSSR count). The third kappa shape index (κ3) is 3.54. The molecule has 0 bridgehead atoms. The van der Waals surface area contributed by atoms with E-state index in [0.29, 0.717) is 0 Å². The largest absolute Gasteiger partial charge is 0.306 e. The number of benzene rings is 2. The Labute approximate surface area is 125 Å². The zero-order chi connectivity index (χ0) is 14.7. The molecule has 1 unspecified atom stereocenters. The van der Waals surface area contributed by atoms with E-state index >= 15 is 0 Å². The Hall–Kier alpha value is -2.04. The smallest absolute Gasteiger partial charge is 0.157 e. The molecule has 0 saturated carbocycles. The fraction of sp³-hybridized carbons (Fsp3) is 0.118. The zero-order valence-electron chi connectivity index (χ0n) is 11.4. The molecule has 1 atom stereocenters. The Balaban J connectivity index is 1.79. The third-order valence-electron chi connectivity index (χ3n) is 3.39. The summed E-state index contributed by atoms with van der Waals surface area (Å²) in [5.41, 5.74) is 4.30. The molecule has 0 radical (unpaired) electrons. The average Bonchev–Trinajstić information content (AvgIpc) is 2.49. The van der Waals surface area contributed by atoms with Crippen LogP contribution in [-0.2, 0) is 23.3 Å². The van der Waals surface area contributed by atoms with Crippen LogP contribution in [0.25, 0.3) is 10.9 Å². The Kier molecular flexibility index (Phi) is 4.08. The minimum Gasteiger partial charge on any atom is -0.306 e. The highest BCUT2D eigenvalue weighted by molar-refractivity contribution is 7.78. The number of pyridine rings is 1. The van der Waals surface area contributed by atoms with Gasteiger partial charge in [-0.3, -0.25) is 4.98 Å². The second-order valence-corrected chi connectivity index (χ2v) is 5.92. The molecule has 1 aromatic heterocycles. The summed E-state index contributed by atoms with van der Waals surface area (Å²) >= 11 is -1.78. The maximum Gasteiger partial charge on any atom is 0.157 e. The molecular weight excluding hydrogens is 282 g/mol. The van der Waals surface area contributed by atoms with Gasteiger partial charge in [0.05, 0.1) is 11.3 Å². The van der Waals surface area contributed by atoms with Crippen LogP contribution in [-0.4, -0.2) is 13.7 Å². The lowest BCUT2D eigenvalue weighted by Crippen LogP contribution is -1.94. The number of hydrogen-bond acceptors (Lipinski definition) is 2. The predicted molar refractivity (Wildman–Crippen MR) is 85.5 cm³/mol. The van der Waals surface area contributed by atoms with Crippen LogP contribution in [0.15, 0.2) is 60.8 Å². The fourth-order valence-electron chi connectivity index (χ4n) is 2.37. The molecule has 3 aromatic rings. The fourth-order valence-corrected chi connectivity index (χ4v) is 2.84. The molecule has 1 heterocycles. The van der Waals surface area contributed by atoms with Gasteiger partial charge in [-0.15, -0.1) is 0 Å². The van der Waals surface area contributed by atoms with Crippen molar-refractivity contribution in [3.8, 4) is 0 Å². The van der Waals surface area contributed by atoms with Gasteiger partial charge >= 0.3 is 0 Å². The van der Waals surface area contributed by atoms with Gasteiger partial charge in [0.2, 0.25) is 0 Å². The van der Waals surface area contributed by atoms with E-state index in [1.807, 2.05) is 36.4 Å². The molecule has 0 aliphatic carbocycles. The van der Waals surface area contributed by atoms with E-state index in [9.17, 15) is 4.21 Å². The molecule has 2 aromatic carbocycles. The van der Waals surface area contributed by atoms with E-state index < -0.39 is 11.1 Å². The van der Waals surface area contributed by atoms with E-state index in [4.69, 9.17) is 4.55 Å². The normalized spacial score (nSPS) is 12.4. The van der Waals surface area contributed by atoms with Gasteiger partial charge < -0.3 is 4.55 Å². The van der Waals surface area contributed by atoms with Crippen molar-refractivity contribution in [3.63, 3.8) is 0 Å². The number of rotatable bonds is 4. The van der Waals surface area contributed by atoms with Crippen molar-refractivity contribution >= 4 is 22.0 Å². The lowest BCUT2D eigenvalue weighted by atomic mass is 10.0. The molecule has 0 saturated heterocycles. The average molecular weight is 297 g/mol. The summed E-state index contributed by atoms with van der Waals surface area (Å²) in [6, 6.07) is 18.1. The van der Waals surface area contributed by atoms with Crippen LogP contribution in [0.2, 0.25) is 0 Å². The van der Waals surface area contributed by atoms with Crippen molar-refractivity contribution in [3.05, 3.63) is 77.5 Å². The highest BCUT2D eigenvalue weighted by Gasteiger charge is 2.01. The summed E-state index contributed by atoms with van der Waals surface area (Å²) in [4.78, 5) is 4.32. The van der Waals surface area contributed by atoms with Crippen LogP contribution >= 0.6 is 0 Å². The van der Waals surface area contributed by atoms with E-state index in [2.05, 4.69) is 23.2 Å². The maximum absolute atomic E-state index is 10.8. The Morgan fingerprint density at radius 1 is 0.952 bits per heavy atom. The molecule has 21 heavy (non-hydrogen) atoms. The van der Waals surface area contributed by atoms with Crippen molar-refractivity contribution in [2.24, 2.45) is 0 Å². The first-order valence-corrected chi connectivity index (χ1v) is 7.97. The molecule has 1 N–H and O–H groups in total. The van der Waals surface area contributed by atoms with Crippen LogP contribution in [0.1, 0.15) is 16.7 Å². The Morgan fingerprint density at radius 2 is 1.67 bits per heavy atom.